The molecule has 2 aromatic rings. The second-order valence-electron chi connectivity index (χ2n) is 9.00. The molecule has 1 saturated heterocycles. The number of carbonyl (C=O) groups is 3. The van der Waals surface area contributed by atoms with Gasteiger partial charge in [-0.15, -0.1) is 0 Å². The second-order valence-corrected chi connectivity index (χ2v) is 9.00. The van der Waals surface area contributed by atoms with Crippen LogP contribution in [-0.4, -0.2) is 45.9 Å². The zero-order valence-corrected chi connectivity index (χ0v) is 18.9. The summed E-state index contributed by atoms with van der Waals surface area (Å²) in [7, 11) is 0. The van der Waals surface area contributed by atoms with Crippen molar-refractivity contribution in [2.75, 3.05) is 6.54 Å². The number of Topliss-reactive ketones (excluding diaryl/α,β-unsaturated/α-hetero) is 1. The van der Waals surface area contributed by atoms with E-state index < -0.39 is 18.2 Å². The van der Waals surface area contributed by atoms with Gasteiger partial charge >= 0.3 is 12.6 Å². The van der Waals surface area contributed by atoms with Gasteiger partial charge in [-0.1, -0.05) is 6.92 Å². The van der Waals surface area contributed by atoms with Crippen molar-refractivity contribution in [3.05, 3.63) is 47.3 Å². The summed E-state index contributed by atoms with van der Waals surface area (Å²) < 4.78 is 31.0. The van der Waals surface area contributed by atoms with Gasteiger partial charge in [-0.05, 0) is 75.8 Å². The Morgan fingerprint density at radius 2 is 1.82 bits per heavy atom. The first-order chi connectivity index (χ1) is 15.6. The fraction of sp³-hybridized carbons (Fsp3) is 0.458. The standard InChI is InChI=1S/C24H27F2N3O4/c1-14-8-10-24(11-9-14)21(31)28(23(32)27-24)13-20(30)19-12-15(2)29(16(19)3)17-4-6-18(7-5-17)33-22(25)26/h4-7,12,14,22H,8-11,13H2,1-3H3,(H,27,32). The van der Waals surface area contributed by atoms with E-state index in [4.69, 9.17) is 0 Å². The van der Waals surface area contributed by atoms with Crippen molar-refractivity contribution in [1.82, 2.24) is 14.8 Å². The highest BCUT2D eigenvalue weighted by Gasteiger charge is 2.52. The Bertz CT molecular complexity index is 1090. The summed E-state index contributed by atoms with van der Waals surface area (Å²) in [6.45, 7) is 2.48. The molecule has 0 radical (unpaired) electrons. The third-order valence-corrected chi connectivity index (χ3v) is 6.73. The summed E-state index contributed by atoms with van der Waals surface area (Å²) in [5, 5.41) is 2.84. The molecular weight excluding hydrogens is 432 g/mol. The maximum atomic E-state index is 13.1. The number of nitrogens with one attached hydrogen (secondary N) is 1. The van der Waals surface area contributed by atoms with E-state index in [-0.39, 0.29) is 24.0 Å². The Morgan fingerprint density at radius 3 is 2.42 bits per heavy atom. The van der Waals surface area contributed by atoms with Gasteiger partial charge in [0.25, 0.3) is 5.91 Å². The van der Waals surface area contributed by atoms with Crippen LogP contribution in [0.1, 0.15) is 54.4 Å². The lowest BCUT2D eigenvalue weighted by molar-refractivity contribution is -0.132. The van der Waals surface area contributed by atoms with E-state index >= 15 is 0 Å². The van der Waals surface area contributed by atoms with E-state index in [9.17, 15) is 23.2 Å². The number of hydrogen-bond donors (Lipinski definition) is 1. The average molecular weight is 459 g/mol. The molecule has 1 aromatic carbocycles. The monoisotopic (exact) mass is 459 g/mol. The topological polar surface area (TPSA) is 80.6 Å². The number of halogens is 2. The zero-order valence-electron chi connectivity index (χ0n) is 18.9. The summed E-state index contributed by atoms with van der Waals surface area (Å²) in [5.74, 6) is -0.109. The maximum Gasteiger partial charge on any atom is 0.387 e. The minimum Gasteiger partial charge on any atom is -0.435 e. The number of aryl methyl sites for hydroxylation is 1. The van der Waals surface area contributed by atoms with Crippen LogP contribution < -0.4 is 10.1 Å². The van der Waals surface area contributed by atoms with Gasteiger partial charge in [-0.2, -0.15) is 8.78 Å². The molecule has 2 fully saturated rings. The van der Waals surface area contributed by atoms with Gasteiger partial charge in [0, 0.05) is 22.6 Å². The molecule has 1 aromatic heterocycles. The first-order valence-corrected chi connectivity index (χ1v) is 11.0. The minimum atomic E-state index is -2.91. The molecule has 1 spiro atoms. The SMILES string of the molecule is Cc1cc(C(=O)CN2C(=O)NC3(CCC(C)CC3)C2=O)c(C)n1-c1ccc(OC(F)F)cc1. The largest absolute Gasteiger partial charge is 0.435 e. The molecular formula is C24H27F2N3O4. The van der Waals surface area contributed by atoms with E-state index in [1.165, 1.54) is 12.1 Å². The number of hydrogen-bond acceptors (Lipinski definition) is 4. The van der Waals surface area contributed by atoms with Crippen molar-refractivity contribution < 1.29 is 27.9 Å². The summed E-state index contributed by atoms with van der Waals surface area (Å²) in [6.07, 6.45) is 2.89. The zero-order chi connectivity index (χ0) is 23.9. The number of imide groups is 1. The number of urea groups is 1. The number of benzene rings is 1. The molecule has 0 atom stereocenters. The molecule has 33 heavy (non-hydrogen) atoms. The van der Waals surface area contributed by atoms with E-state index in [0.717, 1.165) is 23.4 Å². The number of amides is 3. The van der Waals surface area contributed by atoms with Crippen molar-refractivity contribution in [3.8, 4) is 11.4 Å². The summed E-state index contributed by atoms with van der Waals surface area (Å²) in [5.41, 5.74) is 1.58. The molecule has 1 saturated carbocycles. The van der Waals surface area contributed by atoms with Crippen LogP contribution in [0.3, 0.4) is 0 Å². The summed E-state index contributed by atoms with van der Waals surface area (Å²) in [4.78, 5) is 39.8. The summed E-state index contributed by atoms with van der Waals surface area (Å²) >= 11 is 0. The highest BCUT2D eigenvalue weighted by atomic mass is 19.3. The van der Waals surface area contributed by atoms with E-state index in [1.807, 2.05) is 11.5 Å². The van der Waals surface area contributed by atoms with Crippen molar-refractivity contribution >= 4 is 17.7 Å². The lowest BCUT2D eigenvalue weighted by atomic mass is 9.77. The quantitative estimate of drug-likeness (QED) is 0.514. The highest BCUT2D eigenvalue weighted by molar-refractivity contribution is 6.11. The first-order valence-electron chi connectivity index (χ1n) is 11.0. The first kappa shape index (κ1) is 22.9. The van der Waals surface area contributed by atoms with Crippen LogP contribution in [0, 0.1) is 19.8 Å². The van der Waals surface area contributed by atoms with Crippen LogP contribution >= 0.6 is 0 Å². The fourth-order valence-electron chi connectivity index (χ4n) is 4.86. The predicted octanol–water partition coefficient (Wildman–Crippen LogP) is 4.38. The molecule has 2 aliphatic rings. The molecule has 4 rings (SSSR count). The van der Waals surface area contributed by atoms with Crippen LogP contribution in [0.4, 0.5) is 13.6 Å². The van der Waals surface area contributed by atoms with Gasteiger partial charge in [0.2, 0.25) is 0 Å². The number of alkyl halides is 2. The number of ether oxygens (including phenoxy) is 1. The van der Waals surface area contributed by atoms with Crippen molar-refractivity contribution in [2.24, 2.45) is 5.92 Å². The lowest BCUT2D eigenvalue weighted by Crippen LogP contribution is -2.49. The van der Waals surface area contributed by atoms with Gasteiger partial charge in [0.15, 0.2) is 5.78 Å². The van der Waals surface area contributed by atoms with Gasteiger partial charge in [-0.25, -0.2) is 4.79 Å². The van der Waals surface area contributed by atoms with Crippen molar-refractivity contribution in [1.29, 1.82) is 0 Å². The van der Waals surface area contributed by atoms with E-state index in [0.29, 0.717) is 35.7 Å². The van der Waals surface area contributed by atoms with Crippen LogP contribution in [-0.2, 0) is 4.79 Å². The van der Waals surface area contributed by atoms with Crippen molar-refractivity contribution in [2.45, 2.75) is 58.6 Å². The Hall–Kier alpha value is -3.23. The smallest absolute Gasteiger partial charge is 0.387 e. The highest BCUT2D eigenvalue weighted by Crippen LogP contribution is 2.36. The van der Waals surface area contributed by atoms with Crippen LogP contribution in [0.15, 0.2) is 30.3 Å². The molecule has 0 bridgehead atoms. The Kier molecular flexibility index (Phi) is 5.99. The van der Waals surface area contributed by atoms with Gasteiger partial charge < -0.3 is 14.6 Å². The van der Waals surface area contributed by atoms with Crippen molar-refractivity contribution in [3.63, 3.8) is 0 Å². The van der Waals surface area contributed by atoms with Gasteiger partial charge in [0.05, 0.1) is 6.54 Å². The summed E-state index contributed by atoms with van der Waals surface area (Å²) in [6, 6.07) is 7.29. The van der Waals surface area contributed by atoms with E-state index in [2.05, 4.69) is 17.0 Å². The van der Waals surface area contributed by atoms with Gasteiger partial charge in [0.1, 0.15) is 11.3 Å². The third-order valence-electron chi connectivity index (χ3n) is 6.73. The molecule has 1 aliphatic carbocycles. The Morgan fingerprint density at radius 1 is 1.18 bits per heavy atom. The predicted molar refractivity (Wildman–Crippen MR) is 117 cm³/mol. The number of ketones is 1. The maximum absolute atomic E-state index is 13.1. The number of carbonyl (C=O) groups excluding carboxylic acids is 3. The van der Waals surface area contributed by atoms with Gasteiger partial charge in [-0.3, -0.25) is 14.5 Å². The Labute approximate surface area is 190 Å². The number of nitrogens with zero attached hydrogens (tertiary/aromatic N) is 2. The van der Waals surface area contributed by atoms with E-state index in [1.54, 1.807) is 25.1 Å². The molecule has 1 N–H and O–H groups in total. The second kappa shape index (κ2) is 8.61. The van der Waals surface area contributed by atoms with Crippen LogP contribution in [0.2, 0.25) is 0 Å². The molecule has 3 amide bonds. The van der Waals surface area contributed by atoms with Crippen LogP contribution in [0.5, 0.6) is 5.75 Å². The molecule has 9 heteroatoms. The molecule has 2 heterocycles. The number of rotatable bonds is 6. The minimum absolute atomic E-state index is 0.0390. The molecule has 7 nitrogen and oxygen atoms in total. The Balaban J connectivity index is 1.53. The fourth-order valence-corrected chi connectivity index (χ4v) is 4.86. The molecule has 176 valence electrons. The third kappa shape index (κ3) is 4.24. The number of aromatic nitrogens is 1. The molecule has 1 aliphatic heterocycles. The lowest BCUT2D eigenvalue weighted by Gasteiger charge is -2.33. The normalized spacial score (nSPS) is 22.8. The molecule has 0 unspecified atom stereocenters. The van der Waals surface area contributed by atoms with Crippen LogP contribution in [0.25, 0.3) is 5.69 Å². The average Bonchev–Trinajstić information content (AvgIpc) is 3.18.